The molecule has 0 N–H and O–H groups in total. The lowest BCUT2D eigenvalue weighted by Gasteiger charge is -2.41. The van der Waals surface area contributed by atoms with Crippen molar-refractivity contribution in [3.05, 3.63) is 10.6 Å². The predicted octanol–water partition coefficient (Wildman–Crippen LogP) is 2.35. The van der Waals surface area contributed by atoms with Crippen LogP contribution in [0, 0.1) is 5.41 Å². The van der Waals surface area contributed by atoms with Crippen LogP contribution in [0.25, 0.3) is 0 Å². The molecule has 0 radical (unpaired) electrons. The van der Waals surface area contributed by atoms with Gasteiger partial charge in [0.25, 0.3) is 5.91 Å². The third-order valence-electron chi connectivity index (χ3n) is 5.27. The van der Waals surface area contributed by atoms with Gasteiger partial charge in [-0.25, -0.2) is 0 Å². The van der Waals surface area contributed by atoms with E-state index in [1.165, 1.54) is 11.5 Å². The second-order valence-electron chi connectivity index (χ2n) is 7.25. The van der Waals surface area contributed by atoms with Crippen molar-refractivity contribution in [3.63, 3.8) is 0 Å². The number of hydrogen-bond donors (Lipinski definition) is 0. The van der Waals surface area contributed by atoms with E-state index in [0.29, 0.717) is 18.0 Å². The second-order valence-corrected chi connectivity index (χ2v) is 8.01. The first-order chi connectivity index (χ1) is 11.5. The standard InChI is InChI=1S/C17H26N4O2S/c1-4-6-13-14(24-19-18-13)15(22)20-10-8-17(11-20)7-5-9-21(12(2)3)16(17)23/h12H,4-11H2,1-3H3/t17-/m0/s1. The first kappa shape index (κ1) is 17.3. The summed E-state index contributed by atoms with van der Waals surface area (Å²) >= 11 is 1.18. The minimum atomic E-state index is -0.374. The molecule has 1 aromatic heterocycles. The number of aryl methyl sites for hydroxylation is 1. The van der Waals surface area contributed by atoms with Gasteiger partial charge in [0.1, 0.15) is 4.88 Å². The van der Waals surface area contributed by atoms with E-state index < -0.39 is 0 Å². The first-order valence-electron chi connectivity index (χ1n) is 8.90. The van der Waals surface area contributed by atoms with Crippen molar-refractivity contribution < 1.29 is 9.59 Å². The molecule has 24 heavy (non-hydrogen) atoms. The fraction of sp³-hybridized carbons (Fsp3) is 0.765. The molecule has 0 saturated carbocycles. The minimum absolute atomic E-state index is 0.000189. The zero-order valence-electron chi connectivity index (χ0n) is 14.7. The van der Waals surface area contributed by atoms with Crippen LogP contribution >= 0.6 is 11.5 Å². The molecule has 0 bridgehead atoms. The van der Waals surface area contributed by atoms with Crippen LogP contribution in [0.4, 0.5) is 0 Å². The smallest absolute Gasteiger partial charge is 0.267 e. The van der Waals surface area contributed by atoms with Crippen molar-refractivity contribution >= 4 is 23.3 Å². The average molecular weight is 350 g/mol. The van der Waals surface area contributed by atoms with Gasteiger partial charge in [-0.2, -0.15) is 0 Å². The summed E-state index contributed by atoms with van der Waals surface area (Å²) in [5, 5.41) is 4.10. The Morgan fingerprint density at radius 3 is 2.83 bits per heavy atom. The quantitative estimate of drug-likeness (QED) is 0.836. The Morgan fingerprint density at radius 2 is 2.12 bits per heavy atom. The van der Waals surface area contributed by atoms with Gasteiger partial charge in [-0.3, -0.25) is 9.59 Å². The van der Waals surface area contributed by atoms with E-state index in [-0.39, 0.29) is 23.3 Å². The molecule has 3 rings (SSSR count). The zero-order chi connectivity index (χ0) is 17.3. The summed E-state index contributed by atoms with van der Waals surface area (Å²) < 4.78 is 3.96. The maximum Gasteiger partial charge on any atom is 0.267 e. The molecule has 2 aliphatic rings. The van der Waals surface area contributed by atoms with Crippen LogP contribution in [0.3, 0.4) is 0 Å². The van der Waals surface area contributed by atoms with Crippen molar-refractivity contribution in [3.8, 4) is 0 Å². The predicted molar refractivity (Wildman–Crippen MR) is 92.9 cm³/mol. The number of likely N-dealkylation sites (tertiary alicyclic amines) is 2. The molecule has 2 fully saturated rings. The van der Waals surface area contributed by atoms with Gasteiger partial charge >= 0.3 is 0 Å². The second kappa shape index (κ2) is 6.78. The molecule has 6 nitrogen and oxygen atoms in total. The average Bonchev–Trinajstić information content (AvgIpc) is 3.18. The van der Waals surface area contributed by atoms with Crippen LogP contribution in [0.5, 0.6) is 0 Å². The van der Waals surface area contributed by atoms with Crippen LogP contribution in [0.2, 0.25) is 0 Å². The summed E-state index contributed by atoms with van der Waals surface area (Å²) in [4.78, 5) is 30.3. The highest BCUT2D eigenvalue weighted by Crippen LogP contribution is 2.41. The third-order valence-corrected chi connectivity index (χ3v) is 6.03. The number of hydrogen-bond acceptors (Lipinski definition) is 5. The summed E-state index contributed by atoms with van der Waals surface area (Å²) in [6, 6.07) is 0.223. The Labute approximate surface area is 147 Å². The number of rotatable bonds is 4. The van der Waals surface area contributed by atoms with Crippen LogP contribution in [-0.2, 0) is 11.2 Å². The number of carbonyl (C=O) groups is 2. The lowest BCUT2D eigenvalue weighted by Crippen LogP contribution is -2.52. The van der Waals surface area contributed by atoms with Crippen molar-refractivity contribution in [2.45, 2.75) is 58.9 Å². The zero-order valence-corrected chi connectivity index (χ0v) is 15.6. The maximum absolute atomic E-state index is 13.0. The van der Waals surface area contributed by atoms with Crippen molar-refractivity contribution in [1.29, 1.82) is 0 Å². The van der Waals surface area contributed by atoms with Gasteiger partial charge in [0.15, 0.2) is 0 Å². The number of piperidine rings is 1. The Balaban J connectivity index is 1.76. The lowest BCUT2D eigenvalue weighted by atomic mass is 9.78. The molecule has 1 atom stereocenters. The van der Waals surface area contributed by atoms with E-state index in [0.717, 1.165) is 44.3 Å². The van der Waals surface area contributed by atoms with Gasteiger partial charge in [0.05, 0.1) is 11.1 Å². The highest BCUT2D eigenvalue weighted by Gasteiger charge is 2.50. The summed E-state index contributed by atoms with van der Waals surface area (Å²) in [7, 11) is 0. The summed E-state index contributed by atoms with van der Waals surface area (Å²) in [6.45, 7) is 8.23. The molecule has 3 heterocycles. The molecule has 1 aromatic rings. The van der Waals surface area contributed by atoms with Gasteiger partial charge in [-0.05, 0) is 51.1 Å². The SMILES string of the molecule is CCCc1nnsc1C(=O)N1CC[C@@]2(CCCN(C(C)C)C2=O)C1. The van der Waals surface area contributed by atoms with Gasteiger partial charge < -0.3 is 9.80 Å². The van der Waals surface area contributed by atoms with Gasteiger partial charge in [-0.15, -0.1) is 5.10 Å². The Morgan fingerprint density at radius 1 is 1.33 bits per heavy atom. The molecule has 2 amide bonds. The van der Waals surface area contributed by atoms with Gasteiger partial charge in [0.2, 0.25) is 5.91 Å². The fourth-order valence-electron chi connectivity index (χ4n) is 3.93. The van der Waals surface area contributed by atoms with Crippen molar-refractivity contribution in [2.75, 3.05) is 19.6 Å². The van der Waals surface area contributed by atoms with Gasteiger partial charge in [0, 0.05) is 25.7 Å². The maximum atomic E-state index is 13.0. The molecule has 0 unspecified atom stereocenters. The third kappa shape index (κ3) is 2.94. The van der Waals surface area contributed by atoms with E-state index in [1.807, 2.05) is 9.80 Å². The van der Waals surface area contributed by atoms with Crippen LogP contribution in [0.15, 0.2) is 0 Å². The Bertz CT molecular complexity index is 630. The molecule has 2 saturated heterocycles. The molecule has 0 aliphatic carbocycles. The normalized spacial score (nSPS) is 24.4. The van der Waals surface area contributed by atoms with Crippen molar-refractivity contribution in [1.82, 2.24) is 19.4 Å². The molecule has 1 spiro atoms. The molecule has 7 heteroatoms. The highest BCUT2D eigenvalue weighted by molar-refractivity contribution is 7.08. The van der Waals surface area contributed by atoms with Gasteiger partial charge in [-0.1, -0.05) is 17.8 Å². The summed E-state index contributed by atoms with van der Waals surface area (Å²) in [5.74, 6) is 0.232. The van der Waals surface area contributed by atoms with Crippen LogP contribution in [-0.4, -0.2) is 56.9 Å². The molecular weight excluding hydrogens is 324 g/mol. The monoisotopic (exact) mass is 350 g/mol. The van der Waals surface area contributed by atoms with E-state index >= 15 is 0 Å². The largest absolute Gasteiger partial charge is 0.340 e. The number of amides is 2. The summed E-state index contributed by atoms with van der Waals surface area (Å²) in [5.41, 5.74) is 0.425. The molecule has 0 aromatic carbocycles. The number of aromatic nitrogens is 2. The van der Waals surface area contributed by atoms with Crippen molar-refractivity contribution in [2.24, 2.45) is 5.41 Å². The topological polar surface area (TPSA) is 66.4 Å². The highest BCUT2D eigenvalue weighted by atomic mass is 32.1. The Kier molecular flexibility index (Phi) is 4.90. The lowest BCUT2D eigenvalue weighted by molar-refractivity contribution is -0.147. The van der Waals surface area contributed by atoms with E-state index in [4.69, 9.17) is 0 Å². The fourth-order valence-corrected chi connectivity index (χ4v) is 4.61. The summed E-state index contributed by atoms with van der Waals surface area (Å²) in [6.07, 6.45) is 4.40. The molecule has 132 valence electrons. The Hall–Kier alpha value is -1.50. The number of carbonyl (C=O) groups excluding carboxylic acids is 2. The minimum Gasteiger partial charge on any atom is -0.340 e. The molecule has 2 aliphatic heterocycles. The van der Waals surface area contributed by atoms with Crippen LogP contribution < -0.4 is 0 Å². The van der Waals surface area contributed by atoms with E-state index in [9.17, 15) is 9.59 Å². The number of nitrogens with zero attached hydrogens (tertiary/aromatic N) is 4. The van der Waals surface area contributed by atoms with E-state index in [1.54, 1.807) is 0 Å². The first-order valence-corrected chi connectivity index (χ1v) is 9.67. The molecular formula is C17H26N4O2S. The van der Waals surface area contributed by atoms with E-state index in [2.05, 4.69) is 30.4 Å². The van der Waals surface area contributed by atoms with Crippen LogP contribution in [0.1, 0.15) is 61.8 Å².